The number of anilines is 1. The number of rotatable bonds is 5. The number of aryl methyl sites for hydroxylation is 1. The molecule has 1 aliphatic carbocycles. The molecule has 1 saturated carbocycles. The molecule has 138 valence electrons. The molecule has 0 amide bonds. The Morgan fingerprint density at radius 1 is 1.00 bits per heavy atom. The van der Waals surface area contributed by atoms with Gasteiger partial charge < -0.3 is 20.1 Å². The molecule has 1 fully saturated rings. The minimum Gasteiger partial charge on any atom is -0.493 e. The van der Waals surface area contributed by atoms with Gasteiger partial charge >= 0.3 is 0 Å². The van der Waals surface area contributed by atoms with Gasteiger partial charge in [0.05, 0.1) is 19.8 Å². The van der Waals surface area contributed by atoms with Crippen LogP contribution in [-0.4, -0.2) is 19.3 Å². The molecule has 3 rings (SSSR count). The average molecular weight is 371 g/mol. The van der Waals surface area contributed by atoms with Crippen molar-refractivity contribution in [1.82, 2.24) is 5.32 Å². The van der Waals surface area contributed by atoms with Crippen molar-refractivity contribution in [2.75, 3.05) is 19.5 Å². The van der Waals surface area contributed by atoms with E-state index in [1.807, 2.05) is 18.2 Å². The quantitative estimate of drug-likeness (QED) is 0.742. The first-order valence-corrected chi connectivity index (χ1v) is 9.35. The highest BCUT2D eigenvalue weighted by Crippen LogP contribution is 2.41. The van der Waals surface area contributed by atoms with Crippen molar-refractivity contribution in [2.45, 2.75) is 38.1 Å². The summed E-state index contributed by atoms with van der Waals surface area (Å²) in [7, 11) is 3.32. The Labute approximate surface area is 160 Å². The molecule has 2 aromatic rings. The van der Waals surface area contributed by atoms with Crippen LogP contribution in [0.3, 0.4) is 0 Å². The van der Waals surface area contributed by atoms with Gasteiger partial charge in [0, 0.05) is 5.69 Å². The lowest BCUT2D eigenvalue weighted by Crippen LogP contribution is -2.45. The van der Waals surface area contributed by atoms with Crippen LogP contribution in [0, 0.1) is 6.92 Å². The van der Waals surface area contributed by atoms with Crippen LogP contribution in [0.1, 0.15) is 36.8 Å². The predicted octanol–water partition coefficient (Wildman–Crippen LogP) is 4.77. The number of thiocarbonyl (C=S) groups is 1. The highest BCUT2D eigenvalue weighted by molar-refractivity contribution is 7.80. The molecule has 0 spiro atoms. The summed E-state index contributed by atoms with van der Waals surface area (Å²) in [4.78, 5) is 0. The lowest BCUT2D eigenvalue weighted by Gasteiger charge is -2.33. The SMILES string of the molecule is COc1ccc(C2(NC(=S)Nc3cccc(C)c3)CCCC2)cc1OC. The van der Waals surface area contributed by atoms with E-state index in [4.69, 9.17) is 21.7 Å². The van der Waals surface area contributed by atoms with Crippen LogP contribution in [0.4, 0.5) is 5.69 Å². The Morgan fingerprint density at radius 2 is 1.73 bits per heavy atom. The van der Waals surface area contributed by atoms with Gasteiger partial charge in [0.15, 0.2) is 16.6 Å². The molecular formula is C21H26N2O2S. The smallest absolute Gasteiger partial charge is 0.171 e. The van der Waals surface area contributed by atoms with E-state index in [0.717, 1.165) is 30.0 Å². The highest BCUT2D eigenvalue weighted by atomic mass is 32.1. The normalized spacial score (nSPS) is 15.3. The lowest BCUT2D eigenvalue weighted by molar-refractivity contribution is 0.350. The first-order chi connectivity index (χ1) is 12.6. The maximum atomic E-state index is 5.62. The Morgan fingerprint density at radius 3 is 2.38 bits per heavy atom. The number of nitrogens with one attached hydrogen (secondary N) is 2. The molecule has 0 unspecified atom stereocenters. The largest absolute Gasteiger partial charge is 0.493 e. The third-order valence-corrected chi connectivity index (χ3v) is 5.23. The topological polar surface area (TPSA) is 42.5 Å². The van der Waals surface area contributed by atoms with Gasteiger partial charge in [0.25, 0.3) is 0 Å². The summed E-state index contributed by atoms with van der Waals surface area (Å²) in [5, 5.41) is 7.55. The summed E-state index contributed by atoms with van der Waals surface area (Å²) in [6.07, 6.45) is 4.43. The van der Waals surface area contributed by atoms with Crippen LogP contribution < -0.4 is 20.1 Å². The summed E-state index contributed by atoms with van der Waals surface area (Å²) < 4.78 is 10.9. The molecule has 4 nitrogen and oxygen atoms in total. The maximum absolute atomic E-state index is 5.62. The van der Waals surface area contributed by atoms with Crippen LogP contribution >= 0.6 is 12.2 Å². The predicted molar refractivity (Wildman–Crippen MR) is 110 cm³/mol. The number of methoxy groups -OCH3 is 2. The Kier molecular flexibility index (Phi) is 5.67. The van der Waals surface area contributed by atoms with Crippen LogP contribution in [0.5, 0.6) is 11.5 Å². The van der Waals surface area contributed by atoms with Gasteiger partial charge in [-0.3, -0.25) is 0 Å². The van der Waals surface area contributed by atoms with E-state index >= 15 is 0 Å². The van der Waals surface area contributed by atoms with Gasteiger partial charge in [-0.2, -0.15) is 0 Å². The lowest BCUT2D eigenvalue weighted by atomic mass is 9.88. The standard InChI is InChI=1S/C21H26N2O2S/c1-15-7-6-8-17(13-15)22-20(26)23-21(11-4-5-12-21)16-9-10-18(24-2)19(14-16)25-3/h6-10,13-14H,4-5,11-12H2,1-3H3,(H2,22,23,26). The first-order valence-electron chi connectivity index (χ1n) is 8.95. The van der Waals surface area contributed by atoms with Crippen molar-refractivity contribution in [1.29, 1.82) is 0 Å². The fourth-order valence-corrected chi connectivity index (χ4v) is 4.01. The monoisotopic (exact) mass is 370 g/mol. The van der Waals surface area contributed by atoms with Crippen LogP contribution in [0.2, 0.25) is 0 Å². The molecule has 2 N–H and O–H groups in total. The highest BCUT2D eigenvalue weighted by Gasteiger charge is 2.36. The molecule has 0 aliphatic heterocycles. The summed E-state index contributed by atoms with van der Waals surface area (Å²) in [6, 6.07) is 14.3. The van der Waals surface area contributed by atoms with Crippen LogP contribution in [0.15, 0.2) is 42.5 Å². The molecule has 0 bridgehead atoms. The molecule has 2 aromatic carbocycles. The van der Waals surface area contributed by atoms with Crippen molar-refractivity contribution < 1.29 is 9.47 Å². The van der Waals surface area contributed by atoms with Crippen molar-refractivity contribution in [3.8, 4) is 11.5 Å². The summed E-state index contributed by atoms with van der Waals surface area (Å²) in [5.41, 5.74) is 3.21. The van der Waals surface area contributed by atoms with Crippen molar-refractivity contribution in [3.63, 3.8) is 0 Å². The Balaban J connectivity index is 1.83. The molecule has 0 atom stereocenters. The van der Waals surface area contributed by atoms with Gasteiger partial charge in [-0.05, 0) is 67.4 Å². The van der Waals surface area contributed by atoms with E-state index in [1.165, 1.54) is 24.0 Å². The number of hydrogen-bond acceptors (Lipinski definition) is 3. The molecule has 0 aromatic heterocycles. The van der Waals surface area contributed by atoms with Crippen molar-refractivity contribution in [3.05, 3.63) is 53.6 Å². The van der Waals surface area contributed by atoms with E-state index in [-0.39, 0.29) is 5.54 Å². The van der Waals surface area contributed by atoms with Gasteiger partial charge in [-0.25, -0.2) is 0 Å². The zero-order chi connectivity index (χ0) is 18.6. The molecule has 0 saturated heterocycles. The average Bonchev–Trinajstić information content (AvgIpc) is 3.10. The Hall–Kier alpha value is -2.27. The number of hydrogen-bond donors (Lipinski definition) is 2. The molecule has 26 heavy (non-hydrogen) atoms. The van der Waals surface area contributed by atoms with Crippen molar-refractivity contribution >= 4 is 23.0 Å². The molecule has 0 heterocycles. The second-order valence-electron chi connectivity index (χ2n) is 6.81. The van der Waals surface area contributed by atoms with E-state index in [0.29, 0.717) is 5.11 Å². The maximum Gasteiger partial charge on any atom is 0.171 e. The third kappa shape index (κ3) is 3.93. The van der Waals surface area contributed by atoms with E-state index < -0.39 is 0 Å². The van der Waals surface area contributed by atoms with Crippen molar-refractivity contribution in [2.24, 2.45) is 0 Å². The van der Waals surface area contributed by atoms with Gasteiger partial charge in [-0.15, -0.1) is 0 Å². The van der Waals surface area contributed by atoms with E-state index in [1.54, 1.807) is 14.2 Å². The zero-order valence-electron chi connectivity index (χ0n) is 15.6. The number of ether oxygens (including phenoxy) is 2. The van der Waals surface area contributed by atoms with Gasteiger partial charge in [-0.1, -0.05) is 31.0 Å². The molecule has 1 aliphatic rings. The second kappa shape index (κ2) is 7.96. The number of benzene rings is 2. The van der Waals surface area contributed by atoms with E-state index in [9.17, 15) is 0 Å². The minimum absolute atomic E-state index is 0.173. The zero-order valence-corrected chi connectivity index (χ0v) is 16.4. The Bertz CT molecular complexity index is 785. The summed E-state index contributed by atoms with van der Waals surface area (Å²) >= 11 is 5.62. The molecular weight excluding hydrogens is 344 g/mol. The third-order valence-electron chi connectivity index (χ3n) is 5.02. The van der Waals surface area contributed by atoms with Crippen LogP contribution in [0.25, 0.3) is 0 Å². The van der Waals surface area contributed by atoms with Crippen LogP contribution in [-0.2, 0) is 5.54 Å². The van der Waals surface area contributed by atoms with Gasteiger partial charge in [0.2, 0.25) is 0 Å². The summed E-state index contributed by atoms with van der Waals surface area (Å²) in [6.45, 7) is 2.07. The fraction of sp³-hybridized carbons (Fsp3) is 0.381. The molecule has 5 heteroatoms. The molecule has 0 radical (unpaired) electrons. The first kappa shape index (κ1) is 18.5. The minimum atomic E-state index is -0.173. The van der Waals surface area contributed by atoms with Gasteiger partial charge in [0.1, 0.15) is 0 Å². The fourth-order valence-electron chi connectivity index (χ4n) is 3.70. The second-order valence-corrected chi connectivity index (χ2v) is 7.22. The summed E-state index contributed by atoms with van der Waals surface area (Å²) in [5.74, 6) is 1.49. The van der Waals surface area contributed by atoms with E-state index in [2.05, 4.69) is 41.8 Å².